The molecule has 0 unspecified atom stereocenters. The number of alkyl halides is 3. The van der Waals surface area contributed by atoms with Gasteiger partial charge in [0.05, 0.1) is 0 Å². The molecule has 0 radical (unpaired) electrons. The zero-order valence-corrected chi connectivity index (χ0v) is 9.24. The molecule has 0 aliphatic rings. The molecular formula is C8H12F3N3S. The summed E-state index contributed by atoms with van der Waals surface area (Å²) in [6.45, 7) is 4.56. The second-order valence-electron chi connectivity index (χ2n) is 3.36. The van der Waals surface area contributed by atoms with Crippen LogP contribution in [-0.4, -0.2) is 22.8 Å². The number of halogens is 3. The van der Waals surface area contributed by atoms with Gasteiger partial charge in [0.25, 0.3) is 0 Å². The summed E-state index contributed by atoms with van der Waals surface area (Å²) in [7, 11) is 0. The van der Waals surface area contributed by atoms with Crippen LogP contribution >= 0.6 is 11.3 Å². The van der Waals surface area contributed by atoms with Gasteiger partial charge in [0.2, 0.25) is 5.01 Å². The molecule has 1 rings (SSSR count). The van der Waals surface area contributed by atoms with Crippen LogP contribution in [0.3, 0.4) is 0 Å². The molecule has 0 aliphatic heterocycles. The van der Waals surface area contributed by atoms with Gasteiger partial charge in [-0.15, -0.1) is 10.2 Å². The quantitative estimate of drug-likeness (QED) is 0.874. The van der Waals surface area contributed by atoms with Gasteiger partial charge < -0.3 is 5.32 Å². The molecule has 0 aliphatic carbocycles. The van der Waals surface area contributed by atoms with Crippen LogP contribution in [0.2, 0.25) is 0 Å². The van der Waals surface area contributed by atoms with Crippen molar-refractivity contribution in [3.8, 4) is 0 Å². The molecule has 0 atom stereocenters. The van der Waals surface area contributed by atoms with Crippen LogP contribution in [0.15, 0.2) is 0 Å². The van der Waals surface area contributed by atoms with Crippen molar-refractivity contribution in [1.82, 2.24) is 15.5 Å². The van der Waals surface area contributed by atoms with E-state index in [2.05, 4.69) is 15.5 Å². The van der Waals surface area contributed by atoms with Crippen molar-refractivity contribution in [2.75, 3.05) is 6.54 Å². The number of nitrogens with one attached hydrogen (secondary N) is 1. The SMILES string of the molecule is CC(C)NCCc1nnc(C(F)(F)F)s1. The molecule has 1 heterocycles. The number of nitrogens with zero attached hydrogens (tertiary/aromatic N) is 2. The first-order chi connectivity index (χ1) is 6.89. The van der Waals surface area contributed by atoms with Crippen molar-refractivity contribution in [3.05, 3.63) is 10.0 Å². The maximum Gasteiger partial charge on any atom is 0.445 e. The minimum absolute atomic E-state index is 0.319. The molecule has 3 nitrogen and oxygen atoms in total. The van der Waals surface area contributed by atoms with E-state index in [0.717, 1.165) is 0 Å². The highest BCUT2D eigenvalue weighted by Crippen LogP contribution is 2.31. The fourth-order valence-corrected chi connectivity index (χ4v) is 1.64. The lowest BCUT2D eigenvalue weighted by molar-refractivity contribution is -0.138. The molecule has 1 aromatic rings. The van der Waals surface area contributed by atoms with Crippen molar-refractivity contribution < 1.29 is 13.2 Å². The zero-order chi connectivity index (χ0) is 11.5. The molecule has 0 saturated carbocycles. The first kappa shape index (κ1) is 12.4. The predicted octanol–water partition coefficient (Wildman–Crippen LogP) is 2.10. The third-order valence-corrected chi connectivity index (χ3v) is 2.63. The fraction of sp³-hybridized carbons (Fsp3) is 0.750. The Balaban J connectivity index is 2.47. The Hall–Kier alpha value is -0.690. The van der Waals surface area contributed by atoms with E-state index in [1.165, 1.54) is 0 Å². The molecule has 1 aromatic heterocycles. The Kier molecular flexibility index (Phi) is 4.04. The van der Waals surface area contributed by atoms with Gasteiger partial charge in [-0.2, -0.15) is 13.2 Å². The summed E-state index contributed by atoms with van der Waals surface area (Å²) in [6.07, 6.45) is -3.90. The van der Waals surface area contributed by atoms with E-state index in [9.17, 15) is 13.2 Å². The Labute approximate surface area is 89.7 Å². The van der Waals surface area contributed by atoms with Crippen LogP contribution in [0.5, 0.6) is 0 Å². The molecule has 1 N–H and O–H groups in total. The Morgan fingerprint density at radius 2 is 2.00 bits per heavy atom. The molecule has 0 spiro atoms. The second kappa shape index (κ2) is 4.89. The van der Waals surface area contributed by atoms with Crippen molar-refractivity contribution in [3.63, 3.8) is 0 Å². The van der Waals surface area contributed by atoms with Gasteiger partial charge in [-0.1, -0.05) is 25.2 Å². The fourth-order valence-electron chi connectivity index (χ4n) is 0.937. The van der Waals surface area contributed by atoms with Crippen molar-refractivity contribution in [2.45, 2.75) is 32.5 Å². The van der Waals surface area contributed by atoms with Crippen LogP contribution in [0.25, 0.3) is 0 Å². The van der Waals surface area contributed by atoms with E-state index < -0.39 is 11.2 Å². The summed E-state index contributed by atoms with van der Waals surface area (Å²) in [4.78, 5) is 0. The summed E-state index contributed by atoms with van der Waals surface area (Å²) >= 11 is 0.604. The van der Waals surface area contributed by atoms with Crippen LogP contribution in [-0.2, 0) is 12.6 Å². The smallest absolute Gasteiger partial charge is 0.314 e. The molecule has 15 heavy (non-hydrogen) atoms. The van der Waals surface area contributed by atoms with Gasteiger partial charge in [-0.3, -0.25) is 0 Å². The third kappa shape index (κ3) is 4.13. The normalized spacial score (nSPS) is 12.4. The van der Waals surface area contributed by atoms with E-state index >= 15 is 0 Å². The topological polar surface area (TPSA) is 37.8 Å². The largest absolute Gasteiger partial charge is 0.445 e. The Morgan fingerprint density at radius 3 is 2.47 bits per heavy atom. The molecule has 0 saturated heterocycles. The van der Waals surface area contributed by atoms with E-state index in [1.54, 1.807) is 0 Å². The van der Waals surface area contributed by atoms with Crippen LogP contribution in [0, 0.1) is 0 Å². The summed E-state index contributed by atoms with van der Waals surface area (Å²) in [5, 5.41) is 9.23. The minimum Gasteiger partial charge on any atom is -0.314 e. The van der Waals surface area contributed by atoms with Crippen molar-refractivity contribution in [1.29, 1.82) is 0 Å². The van der Waals surface area contributed by atoms with E-state index in [4.69, 9.17) is 0 Å². The molecule has 0 fully saturated rings. The first-order valence-electron chi connectivity index (χ1n) is 4.52. The standard InChI is InChI=1S/C8H12F3N3S/c1-5(2)12-4-3-6-13-14-7(15-6)8(9,10)11/h5,12H,3-4H2,1-2H3. The van der Waals surface area contributed by atoms with Crippen molar-refractivity contribution in [2.24, 2.45) is 0 Å². The second-order valence-corrected chi connectivity index (χ2v) is 4.42. The molecule has 7 heteroatoms. The zero-order valence-electron chi connectivity index (χ0n) is 8.43. The van der Waals surface area contributed by atoms with Gasteiger partial charge in [0.15, 0.2) is 0 Å². The molecular weight excluding hydrogens is 227 g/mol. The number of aromatic nitrogens is 2. The third-order valence-electron chi connectivity index (χ3n) is 1.60. The highest BCUT2D eigenvalue weighted by molar-refractivity contribution is 7.11. The Bertz CT molecular complexity index is 308. The van der Waals surface area contributed by atoms with Gasteiger partial charge >= 0.3 is 6.18 Å². The summed E-state index contributed by atoms with van der Waals surface area (Å²) in [5.74, 6) is 0. The lowest BCUT2D eigenvalue weighted by Crippen LogP contribution is -2.24. The lowest BCUT2D eigenvalue weighted by atomic mass is 10.3. The maximum absolute atomic E-state index is 12.1. The molecule has 0 amide bonds. The number of hydrogen-bond acceptors (Lipinski definition) is 4. The van der Waals surface area contributed by atoms with E-state index in [0.29, 0.717) is 35.4 Å². The monoisotopic (exact) mass is 239 g/mol. The summed E-state index contributed by atoms with van der Waals surface area (Å²) in [5.41, 5.74) is 0. The first-order valence-corrected chi connectivity index (χ1v) is 5.34. The lowest BCUT2D eigenvalue weighted by Gasteiger charge is -2.05. The van der Waals surface area contributed by atoms with Crippen molar-refractivity contribution >= 4 is 11.3 Å². The van der Waals surface area contributed by atoms with Gasteiger partial charge in [-0.05, 0) is 0 Å². The van der Waals surface area contributed by atoms with Crippen LogP contribution in [0.1, 0.15) is 23.9 Å². The van der Waals surface area contributed by atoms with Crippen LogP contribution in [0.4, 0.5) is 13.2 Å². The summed E-state index contributed by atoms with van der Waals surface area (Å²) in [6, 6.07) is 0.319. The van der Waals surface area contributed by atoms with Gasteiger partial charge in [0, 0.05) is 19.0 Å². The maximum atomic E-state index is 12.1. The molecule has 0 aromatic carbocycles. The van der Waals surface area contributed by atoms with E-state index in [-0.39, 0.29) is 0 Å². The minimum atomic E-state index is -4.37. The van der Waals surface area contributed by atoms with E-state index in [1.807, 2.05) is 13.8 Å². The van der Waals surface area contributed by atoms with Crippen LogP contribution < -0.4 is 5.32 Å². The number of rotatable bonds is 4. The Morgan fingerprint density at radius 1 is 1.33 bits per heavy atom. The molecule has 86 valence electrons. The molecule has 0 bridgehead atoms. The highest BCUT2D eigenvalue weighted by Gasteiger charge is 2.35. The predicted molar refractivity (Wildman–Crippen MR) is 51.8 cm³/mol. The van der Waals surface area contributed by atoms with Gasteiger partial charge in [-0.25, -0.2) is 0 Å². The average Bonchev–Trinajstić information content (AvgIpc) is 2.51. The summed E-state index contributed by atoms with van der Waals surface area (Å²) < 4.78 is 36.4. The average molecular weight is 239 g/mol. The number of hydrogen-bond donors (Lipinski definition) is 1. The van der Waals surface area contributed by atoms with Gasteiger partial charge in [0.1, 0.15) is 5.01 Å². The highest BCUT2D eigenvalue weighted by atomic mass is 32.1.